The molecule has 152 valence electrons. The first kappa shape index (κ1) is 20.2. The number of carbonyl (C=O) groups excluding carboxylic acids is 3. The number of nitrogens with one attached hydrogen (secondary N) is 3. The minimum atomic E-state index is -0.504. The molecule has 1 aliphatic heterocycles. The molecule has 2 aromatic carbocycles. The van der Waals surface area contributed by atoms with Crippen LogP contribution < -0.4 is 20.7 Å². The Hall–Kier alpha value is -3.55. The highest BCUT2D eigenvalue weighted by molar-refractivity contribution is 5.89. The number of hydrogen-bond acceptors (Lipinski definition) is 5. The molecule has 8 heteroatoms. The van der Waals surface area contributed by atoms with Gasteiger partial charge in [-0.1, -0.05) is 30.3 Å². The maximum atomic E-state index is 12.4. The Morgan fingerprint density at radius 1 is 1.10 bits per heavy atom. The van der Waals surface area contributed by atoms with E-state index in [4.69, 9.17) is 4.74 Å². The lowest BCUT2D eigenvalue weighted by Gasteiger charge is -2.26. The number of rotatable bonds is 6. The van der Waals surface area contributed by atoms with Crippen LogP contribution in [0.4, 0.5) is 10.5 Å². The van der Waals surface area contributed by atoms with E-state index in [-0.39, 0.29) is 30.9 Å². The molecule has 1 atom stereocenters. The summed E-state index contributed by atoms with van der Waals surface area (Å²) in [7, 11) is 1.26. The number of carbonyl (C=O) groups is 3. The second-order valence-corrected chi connectivity index (χ2v) is 6.55. The van der Waals surface area contributed by atoms with Crippen molar-refractivity contribution >= 4 is 23.6 Å². The van der Waals surface area contributed by atoms with Gasteiger partial charge in [-0.3, -0.25) is 9.59 Å². The number of fused-ring (bicyclic) bond motifs is 1. The molecule has 3 N–H and O–H groups in total. The predicted octanol–water partition coefficient (Wildman–Crippen LogP) is 2.16. The van der Waals surface area contributed by atoms with E-state index in [9.17, 15) is 14.4 Å². The fourth-order valence-electron chi connectivity index (χ4n) is 3.01. The maximum absolute atomic E-state index is 12.4. The number of ether oxygens (including phenoxy) is 2. The van der Waals surface area contributed by atoms with Crippen LogP contribution in [0.1, 0.15) is 23.6 Å². The van der Waals surface area contributed by atoms with E-state index in [1.807, 2.05) is 24.3 Å². The van der Waals surface area contributed by atoms with Gasteiger partial charge in [0, 0.05) is 17.7 Å². The van der Waals surface area contributed by atoms with Crippen molar-refractivity contribution in [3.8, 4) is 5.75 Å². The molecule has 1 aliphatic rings. The van der Waals surface area contributed by atoms with Gasteiger partial charge in [0.05, 0.1) is 26.2 Å². The summed E-state index contributed by atoms with van der Waals surface area (Å²) in [4.78, 5) is 35.2. The lowest BCUT2D eigenvalue weighted by atomic mass is 10.0. The Morgan fingerprint density at radius 3 is 2.62 bits per heavy atom. The quantitative estimate of drug-likeness (QED) is 0.648. The van der Waals surface area contributed by atoms with Crippen molar-refractivity contribution in [2.24, 2.45) is 0 Å². The highest BCUT2D eigenvalue weighted by Crippen LogP contribution is 2.31. The number of methoxy groups -OCH3 is 1. The Bertz CT molecular complexity index is 882. The molecular weight excluding hydrogens is 374 g/mol. The zero-order valence-corrected chi connectivity index (χ0v) is 16.1. The number of benzene rings is 2. The molecule has 0 aliphatic carbocycles. The molecule has 8 nitrogen and oxygen atoms in total. The predicted molar refractivity (Wildman–Crippen MR) is 107 cm³/mol. The third-order valence-electron chi connectivity index (χ3n) is 4.50. The molecular formula is C21H23N3O5. The monoisotopic (exact) mass is 397 g/mol. The topological polar surface area (TPSA) is 106 Å². The average molecular weight is 397 g/mol. The van der Waals surface area contributed by atoms with Crippen molar-refractivity contribution in [3.63, 3.8) is 0 Å². The van der Waals surface area contributed by atoms with Crippen LogP contribution in [0.3, 0.4) is 0 Å². The van der Waals surface area contributed by atoms with Gasteiger partial charge in [-0.05, 0) is 23.8 Å². The summed E-state index contributed by atoms with van der Waals surface area (Å²) in [5, 5.41) is 8.24. The summed E-state index contributed by atoms with van der Waals surface area (Å²) in [6.07, 6.45) is 0.826. The van der Waals surface area contributed by atoms with Crippen molar-refractivity contribution in [1.29, 1.82) is 0 Å². The molecule has 0 saturated carbocycles. The third-order valence-corrected chi connectivity index (χ3v) is 4.50. The molecule has 0 saturated heterocycles. The van der Waals surface area contributed by atoms with Crippen molar-refractivity contribution < 1.29 is 23.9 Å². The summed E-state index contributed by atoms with van der Waals surface area (Å²) < 4.78 is 10.1. The lowest BCUT2D eigenvalue weighted by Crippen LogP contribution is -2.35. The van der Waals surface area contributed by atoms with Crippen LogP contribution in [0.15, 0.2) is 48.5 Å². The molecule has 1 unspecified atom stereocenters. The van der Waals surface area contributed by atoms with E-state index in [2.05, 4.69) is 20.7 Å². The molecule has 0 radical (unpaired) electrons. The first-order valence-corrected chi connectivity index (χ1v) is 9.27. The fourth-order valence-corrected chi connectivity index (χ4v) is 3.01. The average Bonchev–Trinajstić information content (AvgIpc) is 2.73. The number of esters is 1. The van der Waals surface area contributed by atoms with Crippen LogP contribution in [0.2, 0.25) is 0 Å². The molecule has 3 amide bonds. The standard InChI is InChI=1S/C21H23N3O5/c1-28-20(26)13-22-19(25)12-14-6-8-15(9-7-14)23-21(27)24-17-10-11-29-18-5-3-2-4-16(17)18/h2-9,17H,10-13H2,1H3,(H,22,25)(H2,23,24,27). The van der Waals surface area contributed by atoms with Crippen LogP contribution in [0.25, 0.3) is 0 Å². The van der Waals surface area contributed by atoms with Crippen LogP contribution in [0, 0.1) is 0 Å². The SMILES string of the molecule is COC(=O)CNC(=O)Cc1ccc(NC(=O)NC2CCOc3ccccc32)cc1. The smallest absolute Gasteiger partial charge is 0.325 e. The lowest BCUT2D eigenvalue weighted by molar-refractivity contribution is -0.141. The van der Waals surface area contributed by atoms with E-state index in [0.29, 0.717) is 18.7 Å². The van der Waals surface area contributed by atoms with Crippen LogP contribution in [0.5, 0.6) is 5.75 Å². The molecule has 0 fully saturated rings. The minimum absolute atomic E-state index is 0.113. The van der Waals surface area contributed by atoms with Crippen molar-refractivity contribution in [2.75, 3.05) is 25.6 Å². The Balaban J connectivity index is 1.50. The normalized spacial score (nSPS) is 14.7. The largest absolute Gasteiger partial charge is 0.493 e. The van der Waals surface area contributed by atoms with E-state index in [0.717, 1.165) is 16.9 Å². The van der Waals surface area contributed by atoms with Gasteiger partial charge in [-0.15, -0.1) is 0 Å². The first-order valence-electron chi connectivity index (χ1n) is 9.27. The number of para-hydroxylation sites is 1. The molecule has 0 aromatic heterocycles. The summed E-state index contributed by atoms with van der Waals surface area (Å²) in [5.74, 6) is 0.00183. The Morgan fingerprint density at radius 2 is 1.86 bits per heavy atom. The summed E-state index contributed by atoms with van der Waals surface area (Å²) in [6.45, 7) is 0.388. The number of anilines is 1. The van der Waals surface area contributed by atoms with Crippen molar-refractivity contribution in [3.05, 3.63) is 59.7 Å². The number of amides is 3. The van der Waals surface area contributed by atoms with E-state index < -0.39 is 5.97 Å². The summed E-state index contributed by atoms with van der Waals surface area (Å²) in [6, 6.07) is 14.2. The molecule has 2 aromatic rings. The first-order chi connectivity index (χ1) is 14.0. The van der Waals surface area contributed by atoms with Gasteiger partial charge in [0.1, 0.15) is 12.3 Å². The fraction of sp³-hybridized carbons (Fsp3) is 0.286. The third kappa shape index (κ3) is 5.71. The Kier molecular flexibility index (Phi) is 6.67. The zero-order chi connectivity index (χ0) is 20.6. The molecule has 1 heterocycles. The molecule has 0 bridgehead atoms. The minimum Gasteiger partial charge on any atom is -0.493 e. The zero-order valence-electron chi connectivity index (χ0n) is 16.1. The Labute approximate surface area is 168 Å². The van der Waals surface area contributed by atoms with Gasteiger partial charge in [-0.25, -0.2) is 4.79 Å². The molecule has 0 spiro atoms. The number of hydrogen-bond donors (Lipinski definition) is 3. The van der Waals surface area contributed by atoms with Crippen LogP contribution in [-0.2, 0) is 20.7 Å². The highest BCUT2D eigenvalue weighted by atomic mass is 16.5. The van der Waals surface area contributed by atoms with Gasteiger partial charge >= 0.3 is 12.0 Å². The second kappa shape index (κ2) is 9.59. The van der Waals surface area contributed by atoms with Crippen LogP contribution >= 0.6 is 0 Å². The van der Waals surface area contributed by atoms with Gasteiger partial charge in [-0.2, -0.15) is 0 Å². The maximum Gasteiger partial charge on any atom is 0.325 e. The second-order valence-electron chi connectivity index (χ2n) is 6.55. The number of urea groups is 1. The van der Waals surface area contributed by atoms with Crippen molar-refractivity contribution in [2.45, 2.75) is 18.9 Å². The van der Waals surface area contributed by atoms with Gasteiger partial charge in [0.2, 0.25) is 5.91 Å². The van der Waals surface area contributed by atoms with Gasteiger partial charge in [0.25, 0.3) is 0 Å². The molecule has 3 rings (SSSR count). The van der Waals surface area contributed by atoms with Gasteiger partial charge in [0.15, 0.2) is 0 Å². The van der Waals surface area contributed by atoms with Crippen molar-refractivity contribution in [1.82, 2.24) is 10.6 Å². The highest BCUT2D eigenvalue weighted by Gasteiger charge is 2.22. The molecule has 29 heavy (non-hydrogen) atoms. The van der Waals surface area contributed by atoms with E-state index in [1.165, 1.54) is 7.11 Å². The summed E-state index contributed by atoms with van der Waals surface area (Å²) >= 11 is 0. The summed E-state index contributed by atoms with van der Waals surface area (Å²) in [5.41, 5.74) is 2.33. The van der Waals surface area contributed by atoms with E-state index in [1.54, 1.807) is 24.3 Å². The van der Waals surface area contributed by atoms with E-state index >= 15 is 0 Å². The van der Waals surface area contributed by atoms with Gasteiger partial charge < -0.3 is 25.4 Å². The van der Waals surface area contributed by atoms with Crippen LogP contribution in [-0.4, -0.2) is 38.2 Å².